The number of epoxide rings is 1. The Morgan fingerprint density at radius 3 is 2.10 bits per heavy atom. The third-order valence-electron chi connectivity index (χ3n) is 1.98. The molecule has 2 heteroatoms. The zero-order chi connectivity index (χ0) is 7.99. The first kappa shape index (κ1) is 8.02. The van der Waals surface area contributed by atoms with Crippen molar-refractivity contribution in [3.05, 3.63) is 0 Å². The predicted molar refractivity (Wildman–Crippen MR) is 39.8 cm³/mol. The molecule has 0 saturated carbocycles. The molecule has 1 N–H and O–H groups in total. The van der Waals surface area contributed by atoms with E-state index in [2.05, 4.69) is 20.8 Å². The summed E-state index contributed by atoms with van der Waals surface area (Å²) in [5.74, 6) is 0. The Balaban J connectivity index is 2.52. The van der Waals surface area contributed by atoms with Crippen molar-refractivity contribution in [3.63, 3.8) is 0 Å². The fourth-order valence-electron chi connectivity index (χ4n) is 1.45. The van der Waals surface area contributed by atoms with E-state index in [-0.39, 0.29) is 23.7 Å². The normalized spacial score (nSPS) is 39.9. The molecule has 1 aliphatic rings. The maximum atomic E-state index is 8.87. The second-order valence-electron chi connectivity index (χ2n) is 4.33. The van der Waals surface area contributed by atoms with E-state index in [0.717, 1.165) is 0 Å². The topological polar surface area (TPSA) is 32.8 Å². The summed E-state index contributed by atoms with van der Waals surface area (Å²) in [5.41, 5.74) is -0.0876. The standard InChI is InChI=1S/C8H16O2/c1-7(2,3)6-8(4,5-9)10-6/h6,9H,5H2,1-4H3/t6-,8+/m0/s1. The Hall–Kier alpha value is -0.0800. The molecule has 1 rings (SSSR count). The molecular formula is C8H16O2. The lowest BCUT2D eigenvalue weighted by atomic mass is 9.86. The van der Waals surface area contributed by atoms with Gasteiger partial charge in [-0.15, -0.1) is 0 Å². The molecule has 0 aromatic rings. The van der Waals surface area contributed by atoms with Gasteiger partial charge in [0.2, 0.25) is 0 Å². The summed E-state index contributed by atoms with van der Waals surface area (Å²) in [7, 11) is 0. The summed E-state index contributed by atoms with van der Waals surface area (Å²) in [6, 6.07) is 0. The van der Waals surface area contributed by atoms with Crippen molar-refractivity contribution in [2.75, 3.05) is 6.61 Å². The van der Waals surface area contributed by atoms with Gasteiger partial charge in [0.25, 0.3) is 0 Å². The molecule has 2 nitrogen and oxygen atoms in total. The molecule has 1 heterocycles. The first-order valence-electron chi connectivity index (χ1n) is 3.69. The zero-order valence-electron chi connectivity index (χ0n) is 7.14. The molecular weight excluding hydrogens is 128 g/mol. The van der Waals surface area contributed by atoms with E-state index in [9.17, 15) is 0 Å². The highest BCUT2D eigenvalue weighted by atomic mass is 16.6. The molecule has 1 saturated heterocycles. The van der Waals surface area contributed by atoms with E-state index >= 15 is 0 Å². The highest BCUT2D eigenvalue weighted by Gasteiger charge is 2.57. The predicted octanol–water partition coefficient (Wildman–Crippen LogP) is 1.18. The van der Waals surface area contributed by atoms with Crippen molar-refractivity contribution in [1.82, 2.24) is 0 Å². The van der Waals surface area contributed by atoms with Gasteiger partial charge in [-0.2, -0.15) is 0 Å². The molecule has 1 fully saturated rings. The van der Waals surface area contributed by atoms with Crippen LogP contribution in [0.3, 0.4) is 0 Å². The maximum Gasteiger partial charge on any atom is 0.115 e. The molecule has 0 aromatic carbocycles. The molecule has 0 aliphatic carbocycles. The van der Waals surface area contributed by atoms with Gasteiger partial charge in [-0.25, -0.2) is 0 Å². The van der Waals surface area contributed by atoms with E-state index in [1.165, 1.54) is 0 Å². The van der Waals surface area contributed by atoms with Crippen molar-refractivity contribution in [1.29, 1.82) is 0 Å². The summed E-state index contributed by atoms with van der Waals surface area (Å²) in [6.07, 6.45) is 0.227. The third kappa shape index (κ3) is 1.18. The van der Waals surface area contributed by atoms with Gasteiger partial charge in [-0.3, -0.25) is 0 Å². The van der Waals surface area contributed by atoms with Crippen LogP contribution in [0.4, 0.5) is 0 Å². The second kappa shape index (κ2) is 1.95. The fraction of sp³-hybridized carbons (Fsp3) is 1.00. The average molecular weight is 144 g/mol. The van der Waals surface area contributed by atoms with E-state index in [4.69, 9.17) is 9.84 Å². The number of aliphatic hydroxyl groups excluding tert-OH is 1. The first-order valence-corrected chi connectivity index (χ1v) is 3.69. The molecule has 0 bridgehead atoms. The summed E-state index contributed by atoms with van der Waals surface area (Å²) in [6.45, 7) is 8.45. The lowest BCUT2D eigenvalue weighted by molar-refractivity contribution is 0.182. The Bertz CT molecular complexity index is 137. The Labute approximate surface area is 62.2 Å². The molecule has 0 amide bonds. The van der Waals surface area contributed by atoms with Crippen molar-refractivity contribution >= 4 is 0 Å². The minimum atomic E-state index is -0.252. The molecule has 0 spiro atoms. The smallest absolute Gasteiger partial charge is 0.115 e. The van der Waals surface area contributed by atoms with Gasteiger partial charge >= 0.3 is 0 Å². The highest BCUT2D eigenvalue weighted by Crippen LogP contribution is 2.46. The van der Waals surface area contributed by atoms with Crippen molar-refractivity contribution in [2.45, 2.75) is 39.4 Å². The molecule has 10 heavy (non-hydrogen) atoms. The molecule has 0 radical (unpaired) electrons. The van der Waals surface area contributed by atoms with Crippen LogP contribution in [0.15, 0.2) is 0 Å². The largest absolute Gasteiger partial charge is 0.393 e. The minimum absolute atomic E-state index is 0.134. The summed E-state index contributed by atoms with van der Waals surface area (Å²) in [4.78, 5) is 0. The summed E-state index contributed by atoms with van der Waals surface area (Å²) >= 11 is 0. The minimum Gasteiger partial charge on any atom is -0.393 e. The van der Waals surface area contributed by atoms with Gasteiger partial charge in [0, 0.05) is 0 Å². The Morgan fingerprint density at radius 1 is 1.50 bits per heavy atom. The molecule has 2 atom stereocenters. The number of ether oxygens (including phenoxy) is 1. The van der Waals surface area contributed by atoms with Gasteiger partial charge in [0.15, 0.2) is 0 Å². The van der Waals surface area contributed by atoms with Gasteiger partial charge in [0.05, 0.1) is 12.7 Å². The van der Waals surface area contributed by atoms with Crippen LogP contribution in [0, 0.1) is 5.41 Å². The third-order valence-corrected chi connectivity index (χ3v) is 1.98. The quantitative estimate of drug-likeness (QED) is 0.560. The van der Waals surface area contributed by atoms with Gasteiger partial charge in [-0.05, 0) is 12.3 Å². The number of hydrogen-bond donors (Lipinski definition) is 1. The van der Waals surface area contributed by atoms with E-state index < -0.39 is 0 Å². The summed E-state index contributed by atoms with van der Waals surface area (Å²) in [5, 5.41) is 8.87. The number of aliphatic hydroxyl groups is 1. The van der Waals surface area contributed by atoms with Crippen LogP contribution in [0.2, 0.25) is 0 Å². The first-order chi connectivity index (χ1) is 4.40. The SMILES string of the molecule is CC(C)(C)[C@@H]1O[C@]1(C)CO. The van der Waals surface area contributed by atoms with E-state index in [0.29, 0.717) is 0 Å². The Kier molecular flexibility index (Phi) is 1.57. The van der Waals surface area contributed by atoms with Crippen molar-refractivity contribution in [2.24, 2.45) is 5.41 Å². The summed E-state index contributed by atoms with van der Waals surface area (Å²) < 4.78 is 5.37. The molecule has 1 aliphatic heterocycles. The molecule has 0 unspecified atom stereocenters. The number of hydrogen-bond acceptors (Lipinski definition) is 2. The lowest BCUT2D eigenvalue weighted by Crippen LogP contribution is -2.24. The highest BCUT2D eigenvalue weighted by molar-refractivity contribution is 5.04. The fourth-order valence-corrected chi connectivity index (χ4v) is 1.45. The van der Waals surface area contributed by atoms with Crippen LogP contribution in [0.25, 0.3) is 0 Å². The second-order valence-corrected chi connectivity index (χ2v) is 4.33. The van der Waals surface area contributed by atoms with E-state index in [1.807, 2.05) is 6.92 Å². The van der Waals surface area contributed by atoms with Crippen LogP contribution < -0.4 is 0 Å². The average Bonchev–Trinajstić information content (AvgIpc) is 2.43. The number of rotatable bonds is 1. The Morgan fingerprint density at radius 2 is 2.00 bits per heavy atom. The molecule has 0 aromatic heterocycles. The monoisotopic (exact) mass is 144 g/mol. The zero-order valence-corrected chi connectivity index (χ0v) is 7.14. The van der Waals surface area contributed by atoms with Crippen molar-refractivity contribution < 1.29 is 9.84 Å². The van der Waals surface area contributed by atoms with Crippen molar-refractivity contribution in [3.8, 4) is 0 Å². The van der Waals surface area contributed by atoms with Crippen LogP contribution >= 0.6 is 0 Å². The van der Waals surface area contributed by atoms with Gasteiger partial charge in [0.1, 0.15) is 5.60 Å². The van der Waals surface area contributed by atoms with Crippen LogP contribution in [-0.4, -0.2) is 23.4 Å². The van der Waals surface area contributed by atoms with Crippen LogP contribution in [-0.2, 0) is 4.74 Å². The van der Waals surface area contributed by atoms with E-state index in [1.54, 1.807) is 0 Å². The van der Waals surface area contributed by atoms with Crippen LogP contribution in [0.5, 0.6) is 0 Å². The molecule has 60 valence electrons. The van der Waals surface area contributed by atoms with Gasteiger partial charge < -0.3 is 9.84 Å². The maximum absolute atomic E-state index is 8.87. The lowest BCUT2D eigenvalue weighted by Gasteiger charge is -2.16. The van der Waals surface area contributed by atoms with Crippen LogP contribution in [0.1, 0.15) is 27.7 Å². The van der Waals surface area contributed by atoms with Gasteiger partial charge in [-0.1, -0.05) is 20.8 Å².